The maximum atomic E-state index is 12.7. The lowest BCUT2D eigenvalue weighted by molar-refractivity contribution is 0.227. The van der Waals surface area contributed by atoms with Crippen molar-refractivity contribution >= 4 is 33.2 Å². The zero-order valence-electron chi connectivity index (χ0n) is 15.0. The van der Waals surface area contributed by atoms with E-state index < -0.39 is 15.6 Å². The van der Waals surface area contributed by atoms with Gasteiger partial charge in [0.15, 0.2) is 0 Å². The lowest BCUT2D eigenvalue weighted by atomic mass is 9.78. The summed E-state index contributed by atoms with van der Waals surface area (Å²) in [4.78, 5) is 12.3. The predicted molar refractivity (Wildman–Crippen MR) is 106 cm³/mol. The van der Waals surface area contributed by atoms with Gasteiger partial charge in [0.05, 0.1) is 21.8 Å². The van der Waals surface area contributed by atoms with Crippen LogP contribution in [0.1, 0.15) is 33.1 Å². The third-order valence-electron chi connectivity index (χ3n) is 5.28. The van der Waals surface area contributed by atoms with Crippen molar-refractivity contribution in [2.24, 2.45) is 11.8 Å². The summed E-state index contributed by atoms with van der Waals surface area (Å²) in [6.07, 6.45) is 4.25. The highest BCUT2D eigenvalue weighted by Gasteiger charge is 2.30. The average Bonchev–Trinajstić information content (AvgIpc) is 2.64. The van der Waals surface area contributed by atoms with Crippen LogP contribution in [-0.4, -0.2) is 24.2 Å². The summed E-state index contributed by atoms with van der Waals surface area (Å²) in [7, 11) is -3.65. The van der Waals surface area contributed by atoms with Crippen LogP contribution in [-0.2, 0) is 10.0 Å². The molecule has 9 heteroatoms. The fraction of sp³-hybridized carbons (Fsp3) is 0.444. The third kappa shape index (κ3) is 4.21. The molecule has 3 rings (SSSR count). The van der Waals surface area contributed by atoms with Gasteiger partial charge in [0.25, 0.3) is 5.56 Å². The van der Waals surface area contributed by atoms with Crippen molar-refractivity contribution in [3.63, 3.8) is 0 Å². The summed E-state index contributed by atoms with van der Waals surface area (Å²) in [5, 5.41) is 3.87. The average molecular weight is 430 g/mol. The molecule has 0 radical (unpaired) electrons. The van der Waals surface area contributed by atoms with Crippen LogP contribution < -0.4 is 10.3 Å². The number of nitrogens with zero attached hydrogens (tertiary/aromatic N) is 2. The van der Waals surface area contributed by atoms with E-state index in [2.05, 4.69) is 23.7 Å². The molecule has 1 fully saturated rings. The topological polar surface area (TPSA) is 81.1 Å². The largest absolute Gasteiger partial charge is 0.291 e. The van der Waals surface area contributed by atoms with E-state index in [9.17, 15) is 13.2 Å². The van der Waals surface area contributed by atoms with Crippen LogP contribution in [0.3, 0.4) is 0 Å². The van der Waals surface area contributed by atoms with Crippen molar-refractivity contribution in [3.8, 4) is 5.69 Å². The van der Waals surface area contributed by atoms with Gasteiger partial charge in [-0.3, -0.25) is 4.79 Å². The van der Waals surface area contributed by atoms with Crippen LogP contribution in [0.25, 0.3) is 5.69 Å². The van der Waals surface area contributed by atoms with Gasteiger partial charge in [-0.25, -0.2) is 13.1 Å². The van der Waals surface area contributed by atoms with Crippen LogP contribution in [0.5, 0.6) is 0 Å². The van der Waals surface area contributed by atoms with Crippen LogP contribution in [0, 0.1) is 11.8 Å². The van der Waals surface area contributed by atoms with Crippen molar-refractivity contribution in [1.29, 1.82) is 0 Å². The molecule has 0 amide bonds. The monoisotopic (exact) mass is 429 g/mol. The number of halogens is 2. The fourth-order valence-corrected chi connectivity index (χ4v) is 4.99. The van der Waals surface area contributed by atoms with Crippen molar-refractivity contribution in [2.75, 3.05) is 0 Å². The number of hydrogen-bond acceptors (Lipinski definition) is 4. The number of nitrogens with one attached hydrogen (secondary N) is 1. The Bertz CT molecular complexity index is 990. The van der Waals surface area contributed by atoms with E-state index in [1.807, 2.05) is 0 Å². The second kappa shape index (κ2) is 7.91. The predicted octanol–water partition coefficient (Wildman–Crippen LogP) is 3.64. The molecule has 3 unspecified atom stereocenters. The van der Waals surface area contributed by atoms with E-state index in [-0.39, 0.29) is 26.9 Å². The molecule has 0 saturated heterocycles. The Kier molecular flexibility index (Phi) is 5.96. The van der Waals surface area contributed by atoms with Crippen molar-refractivity contribution in [1.82, 2.24) is 14.5 Å². The van der Waals surface area contributed by atoms with E-state index in [0.29, 0.717) is 11.6 Å². The molecule has 0 spiro atoms. The number of rotatable bonds is 4. The molecule has 1 aromatic heterocycles. The highest BCUT2D eigenvalue weighted by molar-refractivity contribution is 7.89. The Morgan fingerprint density at radius 1 is 1.15 bits per heavy atom. The molecular weight excluding hydrogens is 409 g/mol. The number of hydrogen-bond donors (Lipinski definition) is 1. The van der Waals surface area contributed by atoms with Crippen molar-refractivity contribution in [3.05, 3.63) is 50.9 Å². The molecule has 146 valence electrons. The summed E-state index contributed by atoms with van der Waals surface area (Å²) in [5.74, 6) is 0.771. The van der Waals surface area contributed by atoms with Crippen molar-refractivity contribution in [2.45, 2.75) is 44.0 Å². The minimum atomic E-state index is -3.65. The molecule has 1 heterocycles. The Morgan fingerprint density at radius 2 is 1.81 bits per heavy atom. The van der Waals surface area contributed by atoms with Gasteiger partial charge in [0.1, 0.15) is 5.02 Å². The maximum Gasteiger partial charge on any atom is 0.291 e. The van der Waals surface area contributed by atoms with Gasteiger partial charge in [0, 0.05) is 6.04 Å². The van der Waals surface area contributed by atoms with Crippen LogP contribution in [0.2, 0.25) is 10.0 Å². The second-order valence-corrected chi connectivity index (χ2v) is 9.51. The highest BCUT2D eigenvalue weighted by Crippen LogP contribution is 2.30. The Morgan fingerprint density at radius 3 is 2.48 bits per heavy atom. The molecule has 0 aliphatic heterocycles. The Labute approximate surface area is 168 Å². The van der Waals surface area contributed by atoms with Crippen molar-refractivity contribution < 1.29 is 8.42 Å². The summed E-state index contributed by atoms with van der Waals surface area (Å²) >= 11 is 11.6. The van der Waals surface area contributed by atoms with Crippen LogP contribution >= 0.6 is 23.2 Å². The van der Waals surface area contributed by atoms with Gasteiger partial charge >= 0.3 is 0 Å². The number of aromatic nitrogens is 2. The first kappa shape index (κ1) is 20.3. The molecule has 0 bridgehead atoms. The first-order valence-electron chi connectivity index (χ1n) is 8.77. The molecule has 1 N–H and O–H groups in total. The minimum absolute atomic E-state index is 0.0668. The lowest BCUT2D eigenvalue weighted by Crippen LogP contribution is -2.43. The molecule has 1 aliphatic rings. The van der Waals surface area contributed by atoms with Gasteiger partial charge < -0.3 is 0 Å². The summed E-state index contributed by atoms with van der Waals surface area (Å²) in [5.41, 5.74) is -0.167. The van der Waals surface area contributed by atoms with E-state index >= 15 is 0 Å². The molecular formula is C18H21Cl2N3O3S. The number of sulfonamides is 1. The minimum Gasteiger partial charge on any atom is -0.266 e. The van der Waals surface area contributed by atoms with Gasteiger partial charge in [-0.05, 0) is 42.5 Å². The molecule has 27 heavy (non-hydrogen) atoms. The molecule has 6 nitrogen and oxygen atoms in total. The maximum absolute atomic E-state index is 12.7. The number of benzene rings is 1. The van der Waals surface area contributed by atoms with E-state index in [4.69, 9.17) is 23.2 Å². The van der Waals surface area contributed by atoms with Gasteiger partial charge in [-0.15, -0.1) is 0 Å². The van der Waals surface area contributed by atoms with E-state index in [1.165, 1.54) is 30.5 Å². The highest BCUT2D eigenvalue weighted by atomic mass is 35.5. The summed E-state index contributed by atoms with van der Waals surface area (Å²) in [6.45, 7) is 4.24. The normalized spacial score (nSPS) is 23.3. The SMILES string of the molecule is CC1CCCC(NS(=O)(=O)c2ccc(-n3ncc(Cl)c(Cl)c3=O)cc2)C1C. The van der Waals surface area contributed by atoms with E-state index in [1.54, 1.807) is 0 Å². The first-order valence-corrected chi connectivity index (χ1v) is 11.0. The quantitative estimate of drug-likeness (QED) is 0.803. The Hall–Kier alpha value is -1.41. The standard InChI is InChI=1S/C18H21Cl2N3O3S/c1-11-4-3-5-16(12(11)2)22-27(25,26)14-8-6-13(7-9-14)23-18(24)17(20)15(19)10-21-23/h6-12,16,22H,3-5H2,1-2H3. The Balaban J connectivity index is 1.84. The van der Waals surface area contributed by atoms with Crippen LogP contribution in [0.15, 0.2) is 40.2 Å². The van der Waals surface area contributed by atoms with Crippen LogP contribution in [0.4, 0.5) is 0 Å². The molecule has 1 saturated carbocycles. The van der Waals surface area contributed by atoms with E-state index in [0.717, 1.165) is 23.9 Å². The smallest absolute Gasteiger partial charge is 0.266 e. The fourth-order valence-electron chi connectivity index (χ4n) is 3.38. The molecule has 3 atom stereocenters. The zero-order chi connectivity index (χ0) is 19.8. The van der Waals surface area contributed by atoms with Gasteiger partial charge in [-0.2, -0.15) is 9.78 Å². The molecule has 1 aromatic carbocycles. The first-order chi connectivity index (χ1) is 12.7. The summed E-state index contributed by atoms with van der Waals surface area (Å²) in [6, 6.07) is 5.86. The zero-order valence-corrected chi connectivity index (χ0v) is 17.4. The third-order valence-corrected chi connectivity index (χ3v) is 7.54. The molecule has 2 aromatic rings. The second-order valence-electron chi connectivity index (χ2n) is 7.01. The summed E-state index contributed by atoms with van der Waals surface area (Å²) < 4.78 is 29.4. The molecule has 1 aliphatic carbocycles. The van der Waals surface area contributed by atoms with Gasteiger partial charge in [-0.1, -0.05) is 49.9 Å². The lowest BCUT2D eigenvalue weighted by Gasteiger charge is -2.34. The van der Waals surface area contributed by atoms with Gasteiger partial charge in [0.2, 0.25) is 10.0 Å².